The van der Waals surface area contributed by atoms with Crippen LogP contribution in [0.1, 0.15) is 11.7 Å². The minimum atomic E-state index is -0.615. The summed E-state index contributed by atoms with van der Waals surface area (Å²) in [6.07, 6.45) is -0.615. The predicted octanol–water partition coefficient (Wildman–Crippen LogP) is 6.38. The van der Waals surface area contributed by atoms with Gasteiger partial charge in [-0.05, 0) is 52.1 Å². The van der Waals surface area contributed by atoms with Gasteiger partial charge in [-0.2, -0.15) is 0 Å². The highest BCUT2D eigenvalue weighted by Gasteiger charge is 2.15. The Bertz CT molecular complexity index is 848. The molecule has 21 heavy (non-hydrogen) atoms. The highest BCUT2D eigenvalue weighted by molar-refractivity contribution is 9.09. The first-order valence-corrected chi connectivity index (χ1v) is 8.51. The van der Waals surface area contributed by atoms with Crippen LogP contribution in [0.15, 0.2) is 36.4 Å². The monoisotopic (exact) mass is 402 g/mol. The molecule has 1 nitrogen and oxygen atoms in total. The van der Waals surface area contributed by atoms with Crippen molar-refractivity contribution in [3.05, 3.63) is 57.0 Å². The molecule has 3 aromatic rings. The normalized spacial score (nSPS) is 13.0. The SMILES string of the molecule is O[C@H](CBr)c1cc2cc(Cl)cc(Cl)c2c2cc(Cl)ccc12. The summed E-state index contributed by atoms with van der Waals surface area (Å²) in [7, 11) is 0. The minimum Gasteiger partial charge on any atom is -0.388 e. The first-order chi connectivity index (χ1) is 10.0. The summed E-state index contributed by atoms with van der Waals surface area (Å²) >= 11 is 21.9. The summed E-state index contributed by atoms with van der Waals surface area (Å²) < 4.78 is 0. The van der Waals surface area contributed by atoms with Crippen LogP contribution < -0.4 is 0 Å². The second-order valence-electron chi connectivity index (χ2n) is 4.81. The third-order valence-corrected chi connectivity index (χ3v) is 4.83. The molecule has 0 amide bonds. The largest absolute Gasteiger partial charge is 0.388 e. The van der Waals surface area contributed by atoms with Gasteiger partial charge >= 0.3 is 0 Å². The third kappa shape index (κ3) is 2.76. The second kappa shape index (κ2) is 5.94. The maximum atomic E-state index is 10.2. The quantitative estimate of drug-likeness (QED) is 0.388. The van der Waals surface area contributed by atoms with E-state index in [1.165, 1.54) is 0 Å². The van der Waals surface area contributed by atoms with Crippen molar-refractivity contribution in [3.63, 3.8) is 0 Å². The van der Waals surface area contributed by atoms with Gasteiger partial charge in [0.1, 0.15) is 0 Å². The highest BCUT2D eigenvalue weighted by Crippen LogP contribution is 2.38. The van der Waals surface area contributed by atoms with Crippen LogP contribution in [0.25, 0.3) is 21.5 Å². The van der Waals surface area contributed by atoms with E-state index in [2.05, 4.69) is 15.9 Å². The fourth-order valence-corrected chi connectivity index (χ4v) is 3.70. The maximum Gasteiger partial charge on any atom is 0.0893 e. The van der Waals surface area contributed by atoms with E-state index in [4.69, 9.17) is 34.8 Å². The molecule has 1 atom stereocenters. The zero-order chi connectivity index (χ0) is 15.1. The van der Waals surface area contributed by atoms with E-state index in [9.17, 15) is 5.11 Å². The van der Waals surface area contributed by atoms with Gasteiger partial charge in [0.25, 0.3) is 0 Å². The lowest BCUT2D eigenvalue weighted by Crippen LogP contribution is -2.00. The molecule has 0 aromatic heterocycles. The Kier molecular flexibility index (Phi) is 4.35. The van der Waals surface area contributed by atoms with Crippen LogP contribution in [0.4, 0.5) is 0 Å². The van der Waals surface area contributed by atoms with E-state index in [0.717, 1.165) is 27.1 Å². The zero-order valence-corrected chi connectivity index (χ0v) is 14.6. The van der Waals surface area contributed by atoms with Gasteiger partial charge in [0.05, 0.1) is 11.1 Å². The zero-order valence-electron chi connectivity index (χ0n) is 10.7. The molecule has 0 aliphatic carbocycles. The summed E-state index contributed by atoms with van der Waals surface area (Å²) in [6, 6.07) is 11.1. The van der Waals surface area contributed by atoms with Crippen LogP contribution in [0.3, 0.4) is 0 Å². The number of fused-ring (bicyclic) bond motifs is 3. The minimum absolute atomic E-state index is 0.449. The van der Waals surface area contributed by atoms with Crippen molar-refractivity contribution in [2.24, 2.45) is 0 Å². The molecule has 0 heterocycles. The Labute approximate surface area is 145 Å². The van der Waals surface area contributed by atoms with Gasteiger partial charge in [-0.15, -0.1) is 0 Å². The number of aliphatic hydroxyl groups is 1. The van der Waals surface area contributed by atoms with E-state index in [1.54, 1.807) is 6.07 Å². The van der Waals surface area contributed by atoms with Gasteiger partial charge in [-0.25, -0.2) is 0 Å². The van der Waals surface area contributed by atoms with Crippen molar-refractivity contribution in [1.29, 1.82) is 0 Å². The fraction of sp³-hybridized carbons (Fsp3) is 0.125. The molecule has 0 aliphatic rings. The number of halogens is 4. The van der Waals surface area contributed by atoms with Crippen molar-refractivity contribution >= 4 is 72.3 Å². The van der Waals surface area contributed by atoms with Gasteiger partial charge in [0.2, 0.25) is 0 Å². The molecule has 0 radical (unpaired) electrons. The molecule has 0 saturated heterocycles. The molecule has 3 aromatic carbocycles. The molecule has 0 bridgehead atoms. The summed E-state index contributed by atoms with van der Waals surface area (Å²) in [6.45, 7) is 0. The smallest absolute Gasteiger partial charge is 0.0893 e. The van der Waals surface area contributed by atoms with Gasteiger partial charge < -0.3 is 5.11 Å². The Morgan fingerprint density at radius 1 is 0.952 bits per heavy atom. The second-order valence-corrected chi connectivity index (χ2v) is 6.74. The van der Waals surface area contributed by atoms with E-state index >= 15 is 0 Å². The van der Waals surface area contributed by atoms with Crippen LogP contribution in [0.2, 0.25) is 15.1 Å². The van der Waals surface area contributed by atoms with Crippen molar-refractivity contribution in [3.8, 4) is 0 Å². The molecule has 108 valence electrons. The first-order valence-electron chi connectivity index (χ1n) is 6.26. The van der Waals surface area contributed by atoms with Gasteiger partial charge in [-0.1, -0.05) is 56.8 Å². The number of hydrogen-bond acceptors (Lipinski definition) is 1. The van der Waals surface area contributed by atoms with E-state index in [1.807, 2.05) is 30.3 Å². The van der Waals surface area contributed by atoms with Gasteiger partial charge in [0.15, 0.2) is 0 Å². The van der Waals surface area contributed by atoms with Crippen LogP contribution in [-0.4, -0.2) is 10.4 Å². The Morgan fingerprint density at radius 2 is 1.71 bits per heavy atom. The average Bonchev–Trinajstić information content (AvgIpc) is 2.44. The van der Waals surface area contributed by atoms with Crippen molar-refractivity contribution < 1.29 is 5.11 Å². The highest BCUT2D eigenvalue weighted by atomic mass is 79.9. The predicted molar refractivity (Wildman–Crippen MR) is 95.2 cm³/mol. The molecular formula is C16H10BrCl3O. The number of benzene rings is 3. The Hall–Kier alpha value is -0.510. The number of hydrogen-bond donors (Lipinski definition) is 1. The topological polar surface area (TPSA) is 20.2 Å². The van der Waals surface area contributed by atoms with E-state index in [-0.39, 0.29) is 0 Å². The molecule has 0 aliphatic heterocycles. The van der Waals surface area contributed by atoms with Gasteiger partial charge in [-0.3, -0.25) is 0 Å². The van der Waals surface area contributed by atoms with Crippen LogP contribution in [0.5, 0.6) is 0 Å². The lowest BCUT2D eigenvalue weighted by atomic mass is 9.95. The van der Waals surface area contributed by atoms with Gasteiger partial charge in [0, 0.05) is 20.8 Å². The molecule has 0 fully saturated rings. The summed E-state index contributed by atoms with van der Waals surface area (Å²) in [5, 5.41) is 16.1. The number of aliphatic hydroxyl groups excluding tert-OH is 1. The number of rotatable bonds is 2. The van der Waals surface area contributed by atoms with Crippen molar-refractivity contribution in [2.75, 3.05) is 5.33 Å². The summed E-state index contributed by atoms with van der Waals surface area (Å²) in [4.78, 5) is 0. The summed E-state index contributed by atoms with van der Waals surface area (Å²) in [5.74, 6) is 0. The standard InChI is InChI=1S/C16H10BrCl3O/c17-7-15(21)12-4-8-3-10(19)6-14(20)16(8)13-5-9(18)1-2-11(12)13/h1-6,15,21H,7H2/t15-/m1/s1. The van der Waals surface area contributed by atoms with Crippen molar-refractivity contribution in [2.45, 2.75) is 6.10 Å². The molecule has 0 saturated carbocycles. The third-order valence-electron chi connectivity index (χ3n) is 3.46. The molecular weight excluding hydrogens is 394 g/mol. The number of alkyl halides is 1. The van der Waals surface area contributed by atoms with Crippen LogP contribution >= 0.6 is 50.7 Å². The van der Waals surface area contributed by atoms with Crippen LogP contribution in [0, 0.1) is 0 Å². The summed E-state index contributed by atoms with van der Waals surface area (Å²) in [5.41, 5.74) is 0.823. The van der Waals surface area contributed by atoms with Crippen molar-refractivity contribution in [1.82, 2.24) is 0 Å². The van der Waals surface area contributed by atoms with Crippen LogP contribution in [-0.2, 0) is 0 Å². The molecule has 5 heteroatoms. The molecule has 0 spiro atoms. The molecule has 3 rings (SSSR count). The lowest BCUT2D eigenvalue weighted by Gasteiger charge is -2.15. The Morgan fingerprint density at radius 3 is 2.43 bits per heavy atom. The average molecular weight is 405 g/mol. The maximum absolute atomic E-state index is 10.2. The lowest BCUT2D eigenvalue weighted by molar-refractivity contribution is 0.207. The van der Waals surface area contributed by atoms with E-state index in [0.29, 0.717) is 20.4 Å². The first kappa shape index (κ1) is 15.4. The van der Waals surface area contributed by atoms with E-state index < -0.39 is 6.10 Å². The molecule has 1 N–H and O–H groups in total. The Balaban J connectivity index is 2.53. The molecule has 0 unspecified atom stereocenters. The fourth-order valence-electron chi connectivity index (χ4n) is 2.57.